The van der Waals surface area contributed by atoms with Gasteiger partial charge in [0.2, 0.25) is 0 Å². The van der Waals surface area contributed by atoms with E-state index in [4.69, 9.17) is 0 Å². The van der Waals surface area contributed by atoms with Crippen molar-refractivity contribution in [1.29, 1.82) is 0 Å². The maximum atomic E-state index is 12.9. The smallest absolute Gasteiger partial charge is 0.326 e. The number of nitrogens with zero attached hydrogens (tertiary/aromatic N) is 2. The average Bonchev–Trinajstić information content (AvgIpc) is 2.91. The Hall–Kier alpha value is -3.52. The van der Waals surface area contributed by atoms with Crippen LogP contribution in [0.15, 0.2) is 54.6 Å². The number of urea groups is 1. The van der Waals surface area contributed by atoms with Crippen LogP contribution in [0.5, 0.6) is 0 Å². The standard InChI is InChI=1S/C19H15N3O5/c23-15-14(22-16(24)12-8-4-5-9-13(12)17(22)25)18(26)21(19(27)20-15)10-11-6-2-1-3-7-11/h1-9,14-15,23H,10H2,(H,20,27). The van der Waals surface area contributed by atoms with Crippen molar-refractivity contribution in [2.24, 2.45) is 0 Å². The third-order valence-corrected chi connectivity index (χ3v) is 4.62. The van der Waals surface area contributed by atoms with Crippen LogP contribution in [-0.4, -0.2) is 50.9 Å². The number of aliphatic hydroxyl groups excluding tert-OH is 1. The fourth-order valence-electron chi connectivity index (χ4n) is 3.31. The molecule has 136 valence electrons. The lowest BCUT2D eigenvalue weighted by atomic mass is 10.1. The third kappa shape index (κ3) is 2.67. The van der Waals surface area contributed by atoms with Gasteiger partial charge < -0.3 is 10.4 Å². The second-order valence-electron chi connectivity index (χ2n) is 6.28. The number of fused-ring (bicyclic) bond motifs is 1. The molecule has 2 atom stereocenters. The molecule has 0 radical (unpaired) electrons. The molecule has 0 aromatic heterocycles. The van der Waals surface area contributed by atoms with Crippen LogP contribution >= 0.6 is 0 Å². The summed E-state index contributed by atoms with van der Waals surface area (Å²) in [6, 6.07) is 12.7. The molecule has 4 rings (SSSR count). The zero-order valence-electron chi connectivity index (χ0n) is 14.0. The Morgan fingerprint density at radius 3 is 2.00 bits per heavy atom. The Labute approximate surface area is 154 Å². The largest absolute Gasteiger partial charge is 0.371 e. The number of benzene rings is 2. The zero-order valence-corrected chi connectivity index (χ0v) is 14.0. The molecule has 2 aliphatic heterocycles. The first-order chi connectivity index (χ1) is 13.0. The molecular weight excluding hydrogens is 350 g/mol. The number of rotatable bonds is 3. The monoisotopic (exact) mass is 365 g/mol. The second-order valence-corrected chi connectivity index (χ2v) is 6.28. The Balaban J connectivity index is 1.66. The molecule has 0 aliphatic carbocycles. The van der Waals surface area contributed by atoms with Gasteiger partial charge in [-0.3, -0.25) is 24.2 Å². The first-order valence-electron chi connectivity index (χ1n) is 8.30. The fourth-order valence-corrected chi connectivity index (χ4v) is 3.31. The normalized spacial score (nSPS) is 22.1. The molecule has 1 fully saturated rings. The van der Waals surface area contributed by atoms with Crippen molar-refractivity contribution in [3.05, 3.63) is 71.3 Å². The Kier molecular flexibility index (Phi) is 3.97. The van der Waals surface area contributed by atoms with Gasteiger partial charge in [0.15, 0.2) is 12.3 Å². The molecule has 1 saturated heterocycles. The van der Waals surface area contributed by atoms with E-state index in [9.17, 15) is 24.3 Å². The Bertz CT molecular complexity index is 924. The van der Waals surface area contributed by atoms with Crippen LogP contribution in [0.1, 0.15) is 26.3 Å². The van der Waals surface area contributed by atoms with E-state index in [0.717, 1.165) is 9.80 Å². The van der Waals surface area contributed by atoms with E-state index < -0.39 is 36.0 Å². The lowest BCUT2D eigenvalue weighted by molar-refractivity contribution is -0.140. The number of nitrogens with one attached hydrogen (secondary N) is 1. The van der Waals surface area contributed by atoms with Gasteiger partial charge in [0.25, 0.3) is 17.7 Å². The molecule has 0 spiro atoms. The van der Waals surface area contributed by atoms with Gasteiger partial charge in [-0.15, -0.1) is 0 Å². The minimum atomic E-state index is -1.68. The molecule has 5 amide bonds. The molecule has 0 saturated carbocycles. The van der Waals surface area contributed by atoms with Crippen molar-refractivity contribution < 1.29 is 24.3 Å². The van der Waals surface area contributed by atoms with Gasteiger partial charge in [0.1, 0.15) is 0 Å². The van der Waals surface area contributed by atoms with Gasteiger partial charge in [0, 0.05) is 0 Å². The van der Waals surface area contributed by atoms with Gasteiger partial charge in [-0.05, 0) is 17.7 Å². The Morgan fingerprint density at radius 1 is 0.852 bits per heavy atom. The first-order valence-corrected chi connectivity index (χ1v) is 8.30. The van der Waals surface area contributed by atoms with Crippen LogP contribution in [0.4, 0.5) is 4.79 Å². The fraction of sp³-hybridized carbons (Fsp3) is 0.158. The summed E-state index contributed by atoms with van der Waals surface area (Å²) in [6.45, 7) is -0.0438. The number of hydrogen-bond donors (Lipinski definition) is 2. The number of carbonyl (C=O) groups excluding carboxylic acids is 4. The van der Waals surface area contributed by atoms with E-state index >= 15 is 0 Å². The van der Waals surface area contributed by atoms with Gasteiger partial charge in [-0.2, -0.15) is 0 Å². The molecule has 2 heterocycles. The van der Waals surface area contributed by atoms with Gasteiger partial charge in [-0.1, -0.05) is 42.5 Å². The quantitative estimate of drug-likeness (QED) is 0.780. The highest BCUT2D eigenvalue weighted by Gasteiger charge is 2.51. The van der Waals surface area contributed by atoms with Gasteiger partial charge in [-0.25, -0.2) is 4.79 Å². The van der Waals surface area contributed by atoms with E-state index in [-0.39, 0.29) is 17.7 Å². The lowest BCUT2D eigenvalue weighted by Gasteiger charge is -2.38. The summed E-state index contributed by atoms with van der Waals surface area (Å²) in [6.07, 6.45) is -1.68. The number of amides is 5. The summed E-state index contributed by atoms with van der Waals surface area (Å²) in [5.41, 5.74) is 1.02. The summed E-state index contributed by atoms with van der Waals surface area (Å²) in [4.78, 5) is 52.1. The molecular formula is C19H15N3O5. The SMILES string of the molecule is O=C1NC(O)C(N2C(=O)c3ccccc3C2=O)C(=O)N1Cc1ccccc1. The lowest BCUT2D eigenvalue weighted by Crippen LogP contribution is -2.68. The van der Waals surface area contributed by atoms with Crippen molar-refractivity contribution in [2.45, 2.75) is 18.8 Å². The van der Waals surface area contributed by atoms with Crippen LogP contribution in [0.3, 0.4) is 0 Å². The van der Waals surface area contributed by atoms with Crippen LogP contribution in [0.25, 0.3) is 0 Å². The molecule has 2 aromatic carbocycles. The highest BCUT2D eigenvalue weighted by molar-refractivity contribution is 6.23. The number of carbonyl (C=O) groups is 4. The van der Waals surface area contributed by atoms with Crippen molar-refractivity contribution >= 4 is 23.8 Å². The van der Waals surface area contributed by atoms with Gasteiger partial charge in [0.05, 0.1) is 17.7 Å². The van der Waals surface area contributed by atoms with E-state index in [1.54, 1.807) is 42.5 Å². The molecule has 8 nitrogen and oxygen atoms in total. The van der Waals surface area contributed by atoms with Crippen molar-refractivity contribution in [3.63, 3.8) is 0 Å². The molecule has 2 aliphatic rings. The van der Waals surface area contributed by atoms with E-state index in [2.05, 4.69) is 5.32 Å². The topological polar surface area (TPSA) is 107 Å². The van der Waals surface area contributed by atoms with Gasteiger partial charge >= 0.3 is 6.03 Å². The second kappa shape index (κ2) is 6.33. The number of hydrogen-bond acceptors (Lipinski definition) is 5. The van der Waals surface area contributed by atoms with E-state index in [1.807, 2.05) is 0 Å². The minimum Gasteiger partial charge on any atom is -0.371 e. The summed E-state index contributed by atoms with van der Waals surface area (Å²) < 4.78 is 0. The zero-order chi connectivity index (χ0) is 19.1. The summed E-state index contributed by atoms with van der Waals surface area (Å²) in [5, 5.41) is 12.5. The predicted molar refractivity (Wildman–Crippen MR) is 92.3 cm³/mol. The van der Waals surface area contributed by atoms with Crippen molar-refractivity contribution in [2.75, 3.05) is 0 Å². The summed E-state index contributed by atoms with van der Waals surface area (Å²) >= 11 is 0. The Morgan fingerprint density at radius 2 is 1.41 bits per heavy atom. The van der Waals surface area contributed by atoms with Crippen molar-refractivity contribution in [3.8, 4) is 0 Å². The van der Waals surface area contributed by atoms with E-state index in [1.165, 1.54) is 12.1 Å². The molecule has 2 N–H and O–H groups in total. The highest BCUT2D eigenvalue weighted by Crippen LogP contribution is 2.27. The number of imide groups is 2. The van der Waals surface area contributed by atoms with Crippen molar-refractivity contribution in [1.82, 2.24) is 15.1 Å². The molecule has 2 aromatic rings. The minimum absolute atomic E-state index is 0.0438. The first kappa shape index (κ1) is 16.9. The van der Waals surface area contributed by atoms with Crippen LogP contribution in [0.2, 0.25) is 0 Å². The average molecular weight is 365 g/mol. The molecule has 2 unspecified atom stereocenters. The number of aliphatic hydroxyl groups is 1. The van der Waals surface area contributed by atoms with Crippen LogP contribution in [0, 0.1) is 0 Å². The van der Waals surface area contributed by atoms with Crippen LogP contribution in [-0.2, 0) is 11.3 Å². The molecule has 27 heavy (non-hydrogen) atoms. The third-order valence-electron chi connectivity index (χ3n) is 4.62. The predicted octanol–water partition coefficient (Wildman–Crippen LogP) is 0.722. The summed E-state index contributed by atoms with van der Waals surface area (Å²) in [5.74, 6) is -2.17. The molecule has 8 heteroatoms. The van der Waals surface area contributed by atoms with Crippen LogP contribution < -0.4 is 5.32 Å². The highest BCUT2D eigenvalue weighted by atomic mass is 16.3. The van der Waals surface area contributed by atoms with E-state index in [0.29, 0.717) is 5.56 Å². The molecule has 0 bridgehead atoms. The maximum absolute atomic E-state index is 12.9. The maximum Gasteiger partial charge on any atom is 0.326 e. The summed E-state index contributed by atoms with van der Waals surface area (Å²) in [7, 11) is 0.